The van der Waals surface area contributed by atoms with Crippen LogP contribution in [0.1, 0.15) is 19.4 Å². The first-order valence-electron chi connectivity index (χ1n) is 4.57. The summed E-state index contributed by atoms with van der Waals surface area (Å²) >= 11 is 0. The second kappa shape index (κ2) is 3.14. The molecule has 0 unspecified atom stereocenters. The standard InChI is InChI=1S/C13H13/c1-10(2)12-8-7-11-5-3-4-6-13(11)9-12/h3-9H,1-2H3/q-1. The molecular weight excluding hydrogens is 156 g/mol. The van der Waals surface area contributed by atoms with Crippen molar-refractivity contribution < 1.29 is 0 Å². The van der Waals surface area contributed by atoms with Crippen molar-refractivity contribution in [3.05, 3.63) is 53.9 Å². The molecule has 0 N–H and O–H groups in total. The molecule has 0 nitrogen and oxygen atoms in total. The fraction of sp³-hybridized carbons (Fsp3) is 0.154. The Kier molecular flexibility index (Phi) is 1.97. The first kappa shape index (κ1) is 8.18. The monoisotopic (exact) mass is 169 g/mol. The molecular formula is C13H13-. The van der Waals surface area contributed by atoms with Crippen LogP contribution in [0.3, 0.4) is 0 Å². The Hall–Kier alpha value is -1.43. The summed E-state index contributed by atoms with van der Waals surface area (Å²) in [6.45, 7) is 4.29. The van der Waals surface area contributed by atoms with Crippen LogP contribution < -0.4 is 0 Å². The van der Waals surface area contributed by atoms with Gasteiger partial charge in [-0.25, -0.2) is 0 Å². The maximum Gasteiger partial charge on any atom is -0.0427 e. The fourth-order valence-corrected chi connectivity index (χ4v) is 1.50. The van der Waals surface area contributed by atoms with Crippen molar-refractivity contribution in [3.8, 4) is 0 Å². The van der Waals surface area contributed by atoms with Gasteiger partial charge in [0.25, 0.3) is 0 Å². The second-order valence-corrected chi connectivity index (χ2v) is 3.56. The average Bonchev–Trinajstić information content (AvgIpc) is 2.17. The predicted octanol–water partition coefficient (Wildman–Crippen LogP) is 3.80. The summed E-state index contributed by atoms with van der Waals surface area (Å²) in [5, 5.41) is 2.63. The Morgan fingerprint density at radius 1 is 0.846 bits per heavy atom. The Labute approximate surface area is 79.2 Å². The molecule has 0 fully saturated rings. The van der Waals surface area contributed by atoms with E-state index in [0.717, 1.165) is 0 Å². The van der Waals surface area contributed by atoms with Gasteiger partial charge in [0.1, 0.15) is 0 Å². The van der Waals surface area contributed by atoms with Crippen molar-refractivity contribution in [3.63, 3.8) is 0 Å². The Morgan fingerprint density at radius 3 is 2.23 bits per heavy atom. The van der Waals surface area contributed by atoms with Crippen LogP contribution in [-0.4, -0.2) is 0 Å². The van der Waals surface area contributed by atoms with Gasteiger partial charge in [-0.2, -0.15) is 23.6 Å². The summed E-state index contributed by atoms with van der Waals surface area (Å²) in [5.41, 5.74) is 1.33. The summed E-state index contributed by atoms with van der Waals surface area (Å²) in [6, 6.07) is 15.0. The number of hydrogen-bond acceptors (Lipinski definition) is 0. The molecule has 0 amide bonds. The molecule has 0 radical (unpaired) electrons. The highest BCUT2D eigenvalue weighted by atomic mass is 14.0. The maximum absolute atomic E-state index is 2.24. The number of fused-ring (bicyclic) bond motifs is 1. The van der Waals surface area contributed by atoms with Crippen LogP contribution in [0, 0.1) is 5.92 Å². The van der Waals surface area contributed by atoms with Crippen molar-refractivity contribution in [2.45, 2.75) is 13.8 Å². The van der Waals surface area contributed by atoms with E-state index in [4.69, 9.17) is 0 Å². The van der Waals surface area contributed by atoms with E-state index < -0.39 is 0 Å². The van der Waals surface area contributed by atoms with Gasteiger partial charge in [0.2, 0.25) is 0 Å². The van der Waals surface area contributed by atoms with E-state index in [2.05, 4.69) is 56.3 Å². The zero-order chi connectivity index (χ0) is 9.26. The van der Waals surface area contributed by atoms with Crippen molar-refractivity contribution in [1.29, 1.82) is 0 Å². The molecule has 0 aromatic heterocycles. The lowest BCUT2D eigenvalue weighted by Gasteiger charge is -2.16. The van der Waals surface area contributed by atoms with Gasteiger partial charge in [-0.15, -0.1) is 6.07 Å². The summed E-state index contributed by atoms with van der Waals surface area (Å²) in [4.78, 5) is 0. The van der Waals surface area contributed by atoms with E-state index in [9.17, 15) is 0 Å². The molecule has 0 saturated heterocycles. The molecule has 0 heterocycles. The van der Waals surface area contributed by atoms with Gasteiger partial charge >= 0.3 is 0 Å². The van der Waals surface area contributed by atoms with Crippen LogP contribution in [0.5, 0.6) is 0 Å². The van der Waals surface area contributed by atoms with E-state index in [0.29, 0.717) is 0 Å². The molecule has 2 aromatic rings. The first-order valence-corrected chi connectivity index (χ1v) is 4.57. The SMILES string of the molecule is C[C-](C)c1ccc2ccccc2c1. The maximum atomic E-state index is 2.24. The largest absolute Gasteiger partial charge is 0.189 e. The predicted molar refractivity (Wildman–Crippen MR) is 57.6 cm³/mol. The smallest absolute Gasteiger partial charge is 0.0427 e. The molecule has 0 aliphatic rings. The van der Waals surface area contributed by atoms with Crippen LogP contribution in [0.2, 0.25) is 0 Å². The van der Waals surface area contributed by atoms with Gasteiger partial charge in [0.15, 0.2) is 0 Å². The highest BCUT2D eigenvalue weighted by molar-refractivity contribution is 5.83. The van der Waals surface area contributed by atoms with Gasteiger partial charge in [0.05, 0.1) is 0 Å². The molecule has 0 spiro atoms. The zero-order valence-corrected chi connectivity index (χ0v) is 8.04. The van der Waals surface area contributed by atoms with E-state index in [-0.39, 0.29) is 0 Å². The van der Waals surface area contributed by atoms with Gasteiger partial charge in [-0.05, 0) is 5.39 Å². The minimum atomic E-state index is 1.31. The fourth-order valence-electron chi connectivity index (χ4n) is 1.50. The normalized spacial score (nSPS) is 10.3. The molecule has 13 heavy (non-hydrogen) atoms. The Bertz CT molecular complexity index is 413. The van der Waals surface area contributed by atoms with Crippen molar-refractivity contribution >= 4 is 10.8 Å². The van der Waals surface area contributed by atoms with Gasteiger partial charge in [0, 0.05) is 0 Å². The summed E-state index contributed by atoms with van der Waals surface area (Å²) in [6.07, 6.45) is 0. The average molecular weight is 169 g/mol. The topological polar surface area (TPSA) is 0 Å². The van der Waals surface area contributed by atoms with Crippen LogP contribution in [0.15, 0.2) is 42.5 Å². The minimum Gasteiger partial charge on any atom is -0.189 e. The van der Waals surface area contributed by atoms with E-state index in [1.807, 2.05) is 0 Å². The third-order valence-electron chi connectivity index (χ3n) is 2.33. The van der Waals surface area contributed by atoms with Crippen LogP contribution in [-0.2, 0) is 0 Å². The van der Waals surface area contributed by atoms with Crippen LogP contribution in [0.4, 0.5) is 0 Å². The number of rotatable bonds is 1. The summed E-state index contributed by atoms with van der Waals surface area (Å²) in [5.74, 6) is 1.37. The molecule has 0 heteroatoms. The number of hydrogen-bond donors (Lipinski definition) is 0. The third kappa shape index (κ3) is 1.52. The molecule has 0 aliphatic heterocycles. The van der Waals surface area contributed by atoms with E-state index >= 15 is 0 Å². The molecule has 2 rings (SSSR count). The molecule has 0 bridgehead atoms. The van der Waals surface area contributed by atoms with Crippen molar-refractivity contribution in [1.82, 2.24) is 0 Å². The van der Waals surface area contributed by atoms with E-state index in [1.54, 1.807) is 0 Å². The van der Waals surface area contributed by atoms with Gasteiger partial charge < -0.3 is 0 Å². The lowest BCUT2D eigenvalue weighted by Crippen LogP contribution is -1.86. The summed E-state index contributed by atoms with van der Waals surface area (Å²) < 4.78 is 0. The molecule has 0 saturated carbocycles. The lowest BCUT2D eigenvalue weighted by molar-refractivity contribution is 1.15. The number of benzene rings is 2. The quantitative estimate of drug-likeness (QED) is 0.569. The molecule has 0 atom stereocenters. The minimum absolute atomic E-state index is 1.31. The molecule has 66 valence electrons. The molecule has 0 aliphatic carbocycles. The highest BCUT2D eigenvalue weighted by Gasteiger charge is 1.90. The van der Waals surface area contributed by atoms with E-state index in [1.165, 1.54) is 22.3 Å². The van der Waals surface area contributed by atoms with Gasteiger partial charge in [-0.3, -0.25) is 0 Å². The van der Waals surface area contributed by atoms with Crippen molar-refractivity contribution in [2.24, 2.45) is 0 Å². The second-order valence-electron chi connectivity index (χ2n) is 3.56. The lowest BCUT2D eigenvalue weighted by atomic mass is 9.99. The summed E-state index contributed by atoms with van der Waals surface area (Å²) in [7, 11) is 0. The van der Waals surface area contributed by atoms with Gasteiger partial charge in [-0.1, -0.05) is 43.5 Å². The highest BCUT2D eigenvalue weighted by Crippen LogP contribution is 2.20. The zero-order valence-electron chi connectivity index (χ0n) is 8.04. The Balaban J connectivity index is 2.62. The first-order chi connectivity index (χ1) is 6.27. The molecule has 2 aromatic carbocycles. The third-order valence-corrected chi connectivity index (χ3v) is 2.33. The van der Waals surface area contributed by atoms with Crippen molar-refractivity contribution in [2.75, 3.05) is 0 Å². The van der Waals surface area contributed by atoms with Crippen LogP contribution >= 0.6 is 0 Å². The Morgan fingerprint density at radius 2 is 1.54 bits per heavy atom. The van der Waals surface area contributed by atoms with Crippen LogP contribution in [0.25, 0.3) is 10.8 Å².